The standard InChI is InChI=1S/C31H36F2N3O6PS/c1-30(2,3)26(34-27(37)25-17-21-16-22(11-12-24(21)44-25)31(32,33)43(40,41)42)29(39)36-14-7-10-23(36)28(38)35-15-13-20(18-35)19-8-5-4-6-9-19/h4-6,8-9,11-12,16-17,20,23,26H,7,10,13-15,18H2,1-3H3,(H,34,37)(H2,40,41,42)/t20-,23-,26?/m0/s1. The van der Waals surface area contributed by atoms with E-state index in [1.165, 1.54) is 17.7 Å². The topological polar surface area (TPSA) is 127 Å². The highest BCUT2D eigenvalue weighted by Crippen LogP contribution is 2.59. The lowest BCUT2D eigenvalue weighted by molar-refractivity contribution is -0.145. The number of halogens is 2. The number of thiophene rings is 1. The van der Waals surface area contributed by atoms with Crippen LogP contribution in [-0.2, 0) is 19.8 Å². The van der Waals surface area contributed by atoms with E-state index in [2.05, 4.69) is 17.4 Å². The number of carbonyl (C=O) groups is 3. The Hall–Kier alpha value is -3.18. The number of fused-ring (bicyclic) bond motifs is 1. The van der Waals surface area contributed by atoms with E-state index in [1.807, 2.05) is 43.9 Å². The molecule has 2 aromatic carbocycles. The predicted molar refractivity (Wildman–Crippen MR) is 164 cm³/mol. The molecule has 3 aromatic rings. The lowest BCUT2D eigenvalue weighted by Gasteiger charge is -2.36. The molecule has 3 atom stereocenters. The molecule has 2 fully saturated rings. The van der Waals surface area contributed by atoms with E-state index in [-0.39, 0.29) is 28.0 Å². The van der Waals surface area contributed by atoms with Gasteiger partial charge in [0.1, 0.15) is 12.1 Å². The van der Waals surface area contributed by atoms with Gasteiger partial charge >= 0.3 is 13.3 Å². The Morgan fingerprint density at radius 3 is 2.39 bits per heavy atom. The van der Waals surface area contributed by atoms with Crippen molar-refractivity contribution in [2.45, 2.75) is 63.7 Å². The minimum absolute atomic E-state index is 0.0827. The zero-order chi connectivity index (χ0) is 32.0. The molecule has 5 rings (SSSR count). The number of hydrogen-bond donors (Lipinski definition) is 3. The first-order valence-corrected chi connectivity index (χ1v) is 16.9. The zero-order valence-electron chi connectivity index (χ0n) is 24.7. The quantitative estimate of drug-likeness (QED) is 0.300. The highest BCUT2D eigenvalue weighted by atomic mass is 32.1. The van der Waals surface area contributed by atoms with Gasteiger partial charge in [-0.2, -0.15) is 8.78 Å². The first kappa shape index (κ1) is 32.2. The monoisotopic (exact) mass is 647 g/mol. The Morgan fingerprint density at radius 2 is 1.73 bits per heavy atom. The van der Waals surface area contributed by atoms with E-state index in [9.17, 15) is 27.7 Å². The summed E-state index contributed by atoms with van der Waals surface area (Å²) in [6.07, 6.45) is 2.06. The molecule has 3 amide bonds. The van der Waals surface area contributed by atoms with Crippen LogP contribution < -0.4 is 5.32 Å². The van der Waals surface area contributed by atoms with Crippen LogP contribution >= 0.6 is 18.9 Å². The van der Waals surface area contributed by atoms with Gasteiger partial charge in [-0.15, -0.1) is 11.3 Å². The number of benzene rings is 2. The Kier molecular flexibility index (Phi) is 8.76. The summed E-state index contributed by atoms with van der Waals surface area (Å²) in [6, 6.07) is 13.0. The number of alkyl halides is 2. The lowest BCUT2D eigenvalue weighted by Crippen LogP contribution is -2.57. The summed E-state index contributed by atoms with van der Waals surface area (Å²) < 4.78 is 40.3. The largest absolute Gasteiger partial charge is 0.399 e. The van der Waals surface area contributed by atoms with E-state index in [0.29, 0.717) is 37.2 Å². The molecule has 3 N–H and O–H groups in total. The molecule has 44 heavy (non-hydrogen) atoms. The molecule has 3 heterocycles. The average Bonchev–Trinajstić information content (AvgIpc) is 3.73. The van der Waals surface area contributed by atoms with Gasteiger partial charge in [-0.25, -0.2) is 0 Å². The molecule has 0 bridgehead atoms. The number of hydrogen-bond acceptors (Lipinski definition) is 5. The minimum Gasteiger partial charge on any atom is -0.340 e. The summed E-state index contributed by atoms with van der Waals surface area (Å²) in [5.74, 6) is -0.784. The Bertz CT molecular complexity index is 1620. The second-order valence-electron chi connectivity index (χ2n) is 12.6. The predicted octanol–water partition coefficient (Wildman–Crippen LogP) is 5.28. The minimum atomic E-state index is -5.76. The van der Waals surface area contributed by atoms with Gasteiger partial charge in [0, 0.05) is 35.8 Å². The number of carbonyl (C=O) groups excluding carboxylic acids is 3. The van der Waals surface area contributed by atoms with Crippen LogP contribution in [0.1, 0.15) is 66.8 Å². The molecular formula is C31H36F2N3O6PS. The molecule has 1 unspecified atom stereocenters. The van der Waals surface area contributed by atoms with Crippen LogP contribution in [0.15, 0.2) is 54.6 Å². The van der Waals surface area contributed by atoms with Crippen LogP contribution in [0.2, 0.25) is 0 Å². The molecule has 13 heteroatoms. The molecule has 2 aliphatic rings. The molecule has 0 saturated carbocycles. The molecule has 236 valence electrons. The van der Waals surface area contributed by atoms with Crippen LogP contribution in [0.3, 0.4) is 0 Å². The van der Waals surface area contributed by atoms with Crippen molar-refractivity contribution >= 4 is 46.7 Å². The SMILES string of the molecule is CC(C)(C)C(NC(=O)c1cc2cc(C(F)(F)P(=O)(O)O)ccc2s1)C(=O)N1CCC[C@H]1C(=O)N1CC[C@H](c2ccccc2)C1. The fraction of sp³-hybridized carbons (Fsp3) is 0.452. The number of amides is 3. The van der Waals surface area contributed by atoms with Crippen molar-refractivity contribution in [2.24, 2.45) is 5.41 Å². The Balaban J connectivity index is 1.32. The van der Waals surface area contributed by atoms with Crippen molar-refractivity contribution in [3.05, 3.63) is 70.6 Å². The van der Waals surface area contributed by atoms with E-state index < -0.39 is 42.2 Å². The fourth-order valence-corrected chi connectivity index (χ4v) is 7.40. The van der Waals surface area contributed by atoms with E-state index in [0.717, 1.165) is 29.9 Å². The number of nitrogens with one attached hydrogen (secondary N) is 1. The van der Waals surface area contributed by atoms with Crippen LogP contribution in [0.5, 0.6) is 0 Å². The molecular weight excluding hydrogens is 611 g/mol. The van der Waals surface area contributed by atoms with Crippen molar-refractivity contribution in [3.8, 4) is 0 Å². The first-order chi connectivity index (χ1) is 20.6. The zero-order valence-corrected chi connectivity index (χ0v) is 26.4. The number of rotatable bonds is 7. The van der Waals surface area contributed by atoms with Gasteiger partial charge in [0.15, 0.2) is 0 Å². The van der Waals surface area contributed by atoms with E-state index in [4.69, 9.17) is 9.79 Å². The third-order valence-corrected chi connectivity index (χ3v) is 10.5. The van der Waals surface area contributed by atoms with Gasteiger partial charge in [0.25, 0.3) is 5.91 Å². The molecule has 2 saturated heterocycles. The summed E-state index contributed by atoms with van der Waals surface area (Å²) in [7, 11) is -5.76. The second-order valence-corrected chi connectivity index (χ2v) is 15.3. The average molecular weight is 648 g/mol. The van der Waals surface area contributed by atoms with Crippen LogP contribution in [0.25, 0.3) is 10.1 Å². The maximum atomic E-state index is 14.3. The smallest absolute Gasteiger partial charge is 0.340 e. The van der Waals surface area contributed by atoms with Crippen molar-refractivity contribution < 1.29 is 37.5 Å². The highest BCUT2D eigenvalue weighted by Gasteiger charge is 2.50. The summed E-state index contributed by atoms with van der Waals surface area (Å²) in [5.41, 5.74) is -4.77. The normalized spacial score (nSPS) is 20.2. The van der Waals surface area contributed by atoms with Crippen molar-refractivity contribution in [1.29, 1.82) is 0 Å². The maximum absolute atomic E-state index is 14.3. The summed E-state index contributed by atoms with van der Waals surface area (Å²) >= 11 is 1.01. The Labute approximate surface area is 258 Å². The van der Waals surface area contributed by atoms with Crippen molar-refractivity contribution in [2.75, 3.05) is 19.6 Å². The van der Waals surface area contributed by atoms with Gasteiger partial charge in [-0.3, -0.25) is 18.9 Å². The molecule has 0 spiro atoms. The Morgan fingerprint density at radius 1 is 1.02 bits per heavy atom. The highest BCUT2D eigenvalue weighted by molar-refractivity contribution is 7.52. The third-order valence-electron chi connectivity index (χ3n) is 8.43. The number of nitrogens with zero attached hydrogens (tertiary/aromatic N) is 2. The van der Waals surface area contributed by atoms with Crippen molar-refractivity contribution in [3.63, 3.8) is 0 Å². The van der Waals surface area contributed by atoms with Gasteiger partial charge in [-0.05, 0) is 53.8 Å². The number of likely N-dealkylation sites (tertiary alicyclic amines) is 2. The molecule has 0 radical (unpaired) electrons. The molecule has 1 aromatic heterocycles. The lowest BCUT2D eigenvalue weighted by atomic mass is 9.85. The van der Waals surface area contributed by atoms with Crippen LogP contribution in [0, 0.1) is 5.41 Å². The third kappa shape index (κ3) is 6.31. The van der Waals surface area contributed by atoms with Gasteiger partial charge < -0.3 is 24.9 Å². The molecule has 2 aliphatic heterocycles. The van der Waals surface area contributed by atoms with E-state index >= 15 is 0 Å². The van der Waals surface area contributed by atoms with Gasteiger partial charge in [-0.1, -0.05) is 57.2 Å². The molecule has 0 aliphatic carbocycles. The van der Waals surface area contributed by atoms with Gasteiger partial charge in [0.2, 0.25) is 11.8 Å². The summed E-state index contributed by atoms with van der Waals surface area (Å²) in [4.78, 5) is 62.8. The fourth-order valence-electron chi connectivity index (χ4n) is 5.98. The summed E-state index contributed by atoms with van der Waals surface area (Å²) in [5, 5.41) is 3.04. The maximum Gasteiger partial charge on any atom is 0.399 e. The van der Waals surface area contributed by atoms with Gasteiger partial charge in [0.05, 0.1) is 4.88 Å². The van der Waals surface area contributed by atoms with Crippen LogP contribution in [-0.4, -0.2) is 69.0 Å². The van der Waals surface area contributed by atoms with Crippen molar-refractivity contribution in [1.82, 2.24) is 15.1 Å². The van der Waals surface area contributed by atoms with Crippen LogP contribution in [0.4, 0.5) is 8.78 Å². The first-order valence-electron chi connectivity index (χ1n) is 14.5. The second kappa shape index (κ2) is 12.0. The summed E-state index contributed by atoms with van der Waals surface area (Å²) in [6.45, 7) is 7.05. The molecule has 9 nitrogen and oxygen atoms in total. The van der Waals surface area contributed by atoms with E-state index in [1.54, 1.807) is 4.90 Å².